The fourth-order valence-electron chi connectivity index (χ4n) is 2.10. The van der Waals surface area contributed by atoms with E-state index in [9.17, 15) is 13.2 Å². The average molecular weight is 463 g/mol. The zero-order valence-corrected chi connectivity index (χ0v) is 17.4. The van der Waals surface area contributed by atoms with Gasteiger partial charge in [-0.15, -0.1) is 0 Å². The first-order chi connectivity index (χ1) is 12.1. The number of esters is 1. The number of hydrogen-bond acceptors (Lipinski definition) is 5. The quantitative estimate of drug-likeness (QED) is 0.518. The van der Waals surface area contributed by atoms with Gasteiger partial charge in [-0.25, -0.2) is 17.9 Å². The second-order valence-corrected chi connectivity index (χ2v) is 8.58. The van der Waals surface area contributed by atoms with Gasteiger partial charge in [0.2, 0.25) is 10.0 Å². The van der Waals surface area contributed by atoms with E-state index in [1.807, 2.05) is 0 Å². The largest absolute Gasteiger partial charge is 0.495 e. The molecule has 0 unspecified atom stereocenters. The molecule has 2 rings (SSSR count). The third-order valence-electron chi connectivity index (χ3n) is 3.18. The van der Waals surface area contributed by atoms with Crippen molar-refractivity contribution in [3.63, 3.8) is 0 Å². The Balaban J connectivity index is 2.38. The van der Waals surface area contributed by atoms with Crippen molar-refractivity contribution in [3.05, 3.63) is 51.5 Å². The predicted octanol–water partition coefficient (Wildman–Crippen LogP) is 4.02. The maximum absolute atomic E-state index is 12.5. The molecule has 0 radical (unpaired) electrons. The molecule has 1 N–H and O–H groups in total. The number of methoxy groups -OCH3 is 1. The first kappa shape index (κ1) is 20.7. The van der Waals surface area contributed by atoms with Crippen LogP contribution in [-0.2, 0) is 10.0 Å². The summed E-state index contributed by atoms with van der Waals surface area (Å²) in [5.41, 5.74) is 0.0665. The minimum Gasteiger partial charge on any atom is -0.495 e. The van der Waals surface area contributed by atoms with Crippen LogP contribution in [-0.4, -0.2) is 27.5 Å². The van der Waals surface area contributed by atoms with Gasteiger partial charge < -0.3 is 9.47 Å². The number of ether oxygens (including phenoxy) is 2. The minimum absolute atomic E-state index is 0.0665. The molecule has 0 aliphatic carbocycles. The summed E-state index contributed by atoms with van der Waals surface area (Å²) in [7, 11) is -2.50. The van der Waals surface area contributed by atoms with Crippen molar-refractivity contribution in [3.8, 4) is 11.5 Å². The second kappa shape index (κ2) is 8.39. The van der Waals surface area contributed by atoms with E-state index in [4.69, 9.17) is 21.1 Å². The number of carbonyl (C=O) groups excluding carboxylic acids is 1. The third-order valence-corrected chi connectivity index (χ3v) is 5.71. The van der Waals surface area contributed by atoms with E-state index < -0.39 is 16.0 Å². The van der Waals surface area contributed by atoms with Crippen LogP contribution >= 0.6 is 27.5 Å². The van der Waals surface area contributed by atoms with E-state index in [0.717, 1.165) is 0 Å². The molecule has 0 fully saturated rings. The number of carbonyl (C=O) groups is 1. The molecule has 0 aliphatic rings. The Hall–Kier alpha value is -1.61. The Labute approximate surface area is 165 Å². The van der Waals surface area contributed by atoms with Gasteiger partial charge in [0.05, 0.1) is 17.1 Å². The highest BCUT2D eigenvalue weighted by Gasteiger charge is 2.23. The smallest absolute Gasteiger partial charge is 0.343 e. The fraction of sp³-hybridized carbons (Fsp3) is 0.235. The molecule has 0 atom stereocenters. The van der Waals surface area contributed by atoms with E-state index in [0.29, 0.717) is 9.50 Å². The lowest BCUT2D eigenvalue weighted by Crippen LogP contribution is -2.30. The van der Waals surface area contributed by atoms with Crippen LogP contribution in [0.1, 0.15) is 24.2 Å². The fourth-order valence-corrected chi connectivity index (χ4v) is 4.31. The molecule has 0 bridgehead atoms. The van der Waals surface area contributed by atoms with Gasteiger partial charge in [-0.1, -0.05) is 11.6 Å². The minimum atomic E-state index is -3.85. The first-order valence-electron chi connectivity index (χ1n) is 7.51. The number of benzene rings is 2. The molecule has 0 aliphatic heterocycles. The van der Waals surface area contributed by atoms with Crippen LogP contribution in [0.4, 0.5) is 0 Å². The van der Waals surface area contributed by atoms with Crippen LogP contribution in [0.3, 0.4) is 0 Å². The van der Waals surface area contributed by atoms with Crippen molar-refractivity contribution >= 4 is 43.5 Å². The SMILES string of the molecule is COc1ccc(C(=O)Oc2ccc(Cl)cc2Br)cc1S(=O)(=O)NC(C)C. The van der Waals surface area contributed by atoms with Crippen LogP contribution in [0.25, 0.3) is 0 Å². The zero-order valence-electron chi connectivity index (χ0n) is 14.2. The van der Waals surface area contributed by atoms with Gasteiger partial charge >= 0.3 is 5.97 Å². The van der Waals surface area contributed by atoms with Crippen LogP contribution < -0.4 is 14.2 Å². The molecular formula is C17H17BrClNO5S. The number of nitrogens with one attached hydrogen (secondary N) is 1. The summed E-state index contributed by atoms with van der Waals surface area (Å²) in [6.07, 6.45) is 0. The van der Waals surface area contributed by atoms with Gasteiger partial charge in [-0.2, -0.15) is 0 Å². The molecule has 2 aromatic rings. The maximum atomic E-state index is 12.5. The van der Waals surface area contributed by atoms with Crippen molar-refractivity contribution in [2.45, 2.75) is 24.8 Å². The Morgan fingerprint density at radius 3 is 2.38 bits per heavy atom. The summed E-state index contributed by atoms with van der Waals surface area (Å²) in [4.78, 5) is 12.3. The highest BCUT2D eigenvalue weighted by molar-refractivity contribution is 9.10. The van der Waals surface area contributed by atoms with Crippen LogP contribution in [0.15, 0.2) is 45.8 Å². The van der Waals surface area contributed by atoms with E-state index >= 15 is 0 Å². The van der Waals surface area contributed by atoms with Gasteiger partial charge in [-0.3, -0.25) is 0 Å². The molecule has 0 heterocycles. The van der Waals surface area contributed by atoms with Gasteiger partial charge in [0.15, 0.2) is 0 Å². The summed E-state index contributed by atoms with van der Waals surface area (Å²) >= 11 is 9.12. The summed E-state index contributed by atoms with van der Waals surface area (Å²) in [5.74, 6) is -0.320. The first-order valence-corrected chi connectivity index (χ1v) is 10.2. The Bertz CT molecular complexity index is 931. The lowest BCUT2D eigenvalue weighted by Gasteiger charge is -2.14. The number of sulfonamides is 1. The highest BCUT2D eigenvalue weighted by Crippen LogP contribution is 2.30. The molecule has 2 aromatic carbocycles. The average Bonchev–Trinajstić information content (AvgIpc) is 2.55. The molecule has 26 heavy (non-hydrogen) atoms. The van der Waals surface area contributed by atoms with Crippen molar-refractivity contribution in [2.75, 3.05) is 7.11 Å². The van der Waals surface area contributed by atoms with Gasteiger partial charge in [0.1, 0.15) is 16.4 Å². The molecular weight excluding hydrogens is 446 g/mol. The summed E-state index contributed by atoms with van der Waals surface area (Å²) in [6, 6.07) is 8.43. The van der Waals surface area contributed by atoms with Crippen LogP contribution in [0, 0.1) is 0 Å². The van der Waals surface area contributed by atoms with E-state index in [-0.39, 0.29) is 28.0 Å². The molecule has 0 spiro atoms. The lowest BCUT2D eigenvalue weighted by molar-refractivity contribution is 0.0733. The zero-order chi connectivity index (χ0) is 19.5. The van der Waals surface area contributed by atoms with E-state index in [1.165, 1.54) is 31.4 Å². The normalized spacial score (nSPS) is 11.5. The third kappa shape index (κ3) is 4.97. The summed E-state index contributed by atoms with van der Waals surface area (Å²) in [6.45, 7) is 3.39. The molecule has 9 heteroatoms. The predicted molar refractivity (Wildman–Crippen MR) is 103 cm³/mol. The maximum Gasteiger partial charge on any atom is 0.343 e. The summed E-state index contributed by atoms with van der Waals surface area (Å²) in [5, 5.41) is 0.481. The van der Waals surface area contributed by atoms with Crippen LogP contribution in [0.2, 0.25) is 5.02 Å². The number of halogens is 2. The molecule has 0 saturated carbocycles. The van der Waals surface area contributed by atoms with E-state index in [1.54, 1.807) is 26.0 Å². The van der Waals surface area contributed by atoms with Crippen LogP contribution in [0.5, 0.6) is 11.5 Å². The Morgan fingerprint density at radius 2 is 1.81 bits per heavy atom. The monoisotopic (exact) mass is 461 g/mol. The van der Waals surface area contributed by atoms with E-state index in [2.05, 4.69) is 20.7 Å². The lowest BCUT2D eigenvalue weighted by atomic mass is 10.2. The molecule has 0 saturated heterocycles. The molecule has 0 aromatic heterocycles. The standard InChI is InChI=1S/C17H17BrClNO5S/c1-10(2)20-26(22,23)16-8-11(4-6-15(16)24-3)17(21)25-14-7-5-12(19)9-13(14)18/h4-10,20H,1-3H3. The molecule has 140 valence electrons. The van der Waals surface area contributed by atoms with Crippen molar-refractivity contribution in [1.29, 1.82) is 0 Å². The molecule has 6 nitrogen and oxygen atoms in total. The van der Waals surface area contributed by atoms with Gasteiger partial charge in [-0.05, 0) is 66.2 Å². The number of hydrogen-bond donors (Lipinski definition) is 1. The van der Waals surface area contributed by atoms with Gasteiger partial charge in [0.25, 0.3) is 0 Å². The summed E-state index contributed by atoms with van der Waals surface area (Å²) < 4.78 is 38.3. The van der Waals surface area contributed by atoms with Crippen molar-refractivity contribution < 1.29 is 22.7 Å². The Morgan fingerprint density at radius 1 is 1.15 bits per heavy atom. The second-order valence-electron chi connectivity index (χ2n) is 5.61. The van der Waals surface area contributed by atoms with Crippen molar-refractivity contribution in [2.24, 2.45) is 0 Å². The molecule has 0 amide bonds. The number of rotatable bonds is 6. The van der Waals surface area contributed by atoms with Crippen molar-refractivity contribution in [1.82, 2.24) is 4.72 Å². The van der Waals surface area contributed by atoms with Gasteiger partial charge in [0, 0.05) is 11.1 Å². The Kier molecular flexibility index (Phi) is 6.68. The highest BCUT2D eigenvalue weighted by atomic mass is 79.9. The topological polar surface area (TPSA) is 81.7 Å².